The van der Waals surface area contributed by atoms with Crippen LogP contribution in [0.25, 0.3) is 106 Å². The van der Waals surface area contributed by atoms with Gasteiger partial charge in [-0.15, -0.1) is 89.5 Å². The molecular weight excluding hydrogens is 1240 g/mol. The van der Waals surface area contributed by atoms with Gasteiger partial charge < -0.3 is 19.0 Å². The molecule has 0 aliphatic heterocycles. The third-order valence-electron chi connectivity index (χ3n) is 16.3. The molecule has 0 spiro atoms. The van der Waals surface area contributed by atoms with E-state index in [-0.39, 0.29) is 31.9 Å². The zero-order chi connectivity index (χ0) is 58.3. The molecule has 0 fully saturated rings. The Hall–Kier alpha value is -9.58. The number of imidazole rings is 1. The Labute approximate surface area is 524 Å². The molecule has 0 amide bonds. The Morgan fingerprint density at radius 3 is 1.75 bits per heavy atom. The number of aromatic nitrogens is 4. The van der Waals surface area contributed by atoms with Crippen LogP contribution >= 0.6 is 0 Å². The molecule has 87 heavy (non-hydrogen) atoms. The number of nitrogens with zero attached hydrogens (tertiary/aromatic N) is 4. The smallest absolute Gasteiger partial charge is 0.501 e. The Balaban J connectivity index is 0.000000183. The maximum Gasteiger partial charge on any atom is 3.00 e. The minimum atomic E-state index is 0. The van der Waals surface area contributed by atoms with Crippen molar-refractivity contribution in [2.45, 2.75) is 65.2 Å². The molecule has 0 atom stereocenters. The molecular formula is C81H65IrN4O. The van der Waals surface area contributed by atoms with Gasteiger partial charge in [0.05, 0.1) is 22.4 Å². The van der Waals surface area contributed by atoms with Gasteiger partial charge in [-0.1, -0.05) is 203 Å². The number of hydrogen-bond donors (Lipinski definition) is 0. The maximum absolute atomic E-state index is 6.78. The summed E-state index contributed by atoms with van der Waals surface area (Å²) in [4.78, 5) is 14.4. The van der Waals surface area contributed by atoms with Gasteiger partial charge in [-0.3, -0.25) is 4.98 Å². The molecule has 0 unspecified atom stereocenters. The van der Waals surface area contributed by atoms with Gasteiger partial charge >= 0.3 is 20.1 Å². The van der Waals surface area contributed by atoms with Gasteiger partial charge in [0.25, 0.3) is 0 Å². The molecule has 10 aromatic carbocycles. The number of pyridine rings is 2. The standard InChI is InChI=1S/C49H39N2O.C32H26N2.Ir/c1-31(2)41-29-37(35-27-25-34(26-28-35)33-15-7-5-8-16-33)30-42(32(3)4)47(41)51-44-23-12-11-22-43(44)50-49(51)40-21-13-20-39-46-38(36-17-9-6-10-18-36)19-14-24-45(46)52-48(39)40;1-2-9-29(10-3-1)32-21-18-28(24-34-32)15-14-27-8-6-7-26(23-27)13-12-25-16-19-30(20-17-25)31-11-4-5-22-33-31;/h5-20,22-32H,1-4H3;1-9,11,16-19,21-24H,12-15H2;/q-1;-2;+3. The first-order chi connectivity index (χ1) is 42.3. The maximum atomic E-state index is 6.78. The number of rotatable bonds is 15. The fourth-order valence-corrected chi connectivity index (χ4v) is 11.8. The van der Waals surface area contributed by atoms with Crippen LogP contribution < -0.4 is 0 Å². The first kappa shape index (κ1) is 57.8. The Bertz CT molecular complexity index is 4460. The first-order valence-corrected chi connectivity index (χ1v) is 29.9. The monoisotopic (exact) mass is 1300 g/mol. The first-order valence-electron chi connectivity index (χ1n) is 29.9. The third-order valence-corrected chi connectivity index (χ3v) is 16.3. The van der Waals surface area contributed by atoms with Crippen molar-refractivity contribution in [3.63, 3.8) is 0 Å². The molecule has 4 heterocycles. The summed E-state index contributed by atoms with van der Waals surface area (Å²) in [6.45, 7) is 9.17. The fourth-order valence-electron chi connectivity index (χ4n) is 11.8. The van der Waals surface area contributed by atoms with Crippen LogP contribution in [0, 0.1) is 18.2 Å². The number of furan rings is 1. The van der Waals surface area contributed by atoms with Gasteiger partial charge in [-0.2, -0.15) is 0 Å². The molecule has 4 aromatic heterocycles. The van der Waals surface area contributed by atoms with Crippen molar-refractivity contribution in [1.82, 2.24) is 19.5 Å². The fraction of sp³-hybridized carbons (Fsp3) is 0.123. The van der Waals surface area contributed by atoms with E-state index in [1.165, 1.54) is 61.3 Å². The van der Waals surface area contributed by atoms with E-state index in [0.717, 1.165) is 104 Å². The van der Waals surface area contributed by atoms with E-state index in [2.05, 4.69) is 261 Å². The zero-order valence-corrected chi connectivity index (χ0v) is 51.7. The quantitative estimate of drug-likeness (QED) is 0.0960. The number of hydrogen-bond acceptors (Lipinski definition) is 4. The van der Waals surface area contributed by atoms with Gasteiger partial charge in [0.15, 0.2) is 0 Å². The van der Waals surface area contributed by atoms with Crippen LogP contribution in [0.4, 0.5) is 0 Å². The molecule has 0 saturated heterocycles. The molecule has 0 saturated carbocycles. The van der Waals surface area contributed by atoms with Gasteiger partial charge in [-0.25, -0.2) is 0 Å². The summed E-state index contributed by atoms with van der Waals surface area (Å²) < 4.78 is 9.15. The Kier molecular flexibility index (Phi) is 17.5. The minimum absolute atomic E-state index is 0. The van der Waals surface area contributed by atoms with Crippen LogP contribution in [-0.4, -0.2) is 19.5 Å². The van der Waals surface area contributed by atoms with Gasteiger partial charge in [0.2, 0.25) is 0 Å². The van der Waals surface area contributed by atoms with E-state index in [4.69, 9.17) is 9.40 Å². The van der Waals surface area contributed by atoms with E-state index < -0.39 is 0 Å². The normalized spacial score (nSPS) is 11.3. The average Bonchev–Trinajstić information content (AvgIpc) is 1.70. The molecule has 0 radical (unpaired) electrons. The van der Waals surface area contributed by atoms with Crippen LogP contribution in [0.5, 0.6) is 0 Å². The molecule has 6 heteroatoms. The predicted octanol–water partition coefficient (Wildman–Crippen LogP) is 20.6. The van der Waals surface area contributed by atoms with E-state index in [1.54, 1.807) is 0 Å². The van der Waals surface area contributed by atoms with Crippen LogP contribution in [-0.2, 0) is 45.8 Å². The topological polar surface area (TPSA) is 56.7 Å². The van der Waals surface area contributed by atoms with Crippen molar-refractivity contribution in [1.29, 1.82) is 0 Å². The molecule has 424 valence electrons. The van der Waals surface area contributed by atoms with Crippen LogP contribution in [0.2, 0.25) is 0 Å². The van der Waals surface area contributed by atoms with Crippen LogP contribution in [0.15, 0.2) is 266 Å². The second-order valence-electron chi connectivity index (χ2n) is 22.7. The minimum Gasteiger partial charge on any atom is -0.501 e. The average molecular weight is 1300 g/mol. The summed E-state index contributed by atoms with van der Waals surface area (Å²) in [6, 6.07) is 97.5. The summed E-state index contributed by atoms with van der Waals surface area (Å²) in [5, 5.41) is 2.17. The molecule has 14 aromatic rings. The van der Waals surface area contributed by atoms with Crippen molar-refractivity contribution < 1.29 is 24.5 Å². The third kappa shape index (κ3) is 12.6. The number of fused-ring (bicyclic) bond motifs is 4. The largest absolute Gasteiger partial charge is 3.00 e. The summed E-state index contributed by atoms with van der Waals surface area (Å²) in [5.41, 5.74) is 24.7. The SMILES string of the molecule is CC(C)c1cc(-c2ccc(-c3ccccc3)cc2)cc(C(C)C)c1-n1c(-c2[c-]ccc3c2oc2cccc(-c4ccccc4)c23)nc2ccccc21.[Ir+3].[c-]1cc(CCc2cccc(CCc3ccc(-c4[c-]cccc4)nc3)c2)ccc1-c1ccccn1. The predicted molar refractivity (Wildman–Crippen MR) is 355 cm³/mol. The summed E-state index contributed by atoms with van der Waals surface area (Å²) >= 11 is 0. The number of benzene rings is 10. The second-order valence-corrected chi connectivity index (χ2v) is 22.7. The second kappa shape index (κ2) is 26.4. The van der Waals surface area contributed by atoms with E-state index >= 15 is 0 Å². The van der Waals surface area contributed by atoms with E-state index in [1.807, 2.05) is 60.9 Å². The zero-order valence-electron chi connectivity index (χ0n) is 49.3. The Morgan fingerprint density at radius 2 is 1.08 bits per heavy atom. The van der Waals surface area contributed by atoms with Crippen molar-refractivity contribution in [3.05, 3.63) is 313 Å². The van der Waals surface area contributed by atoms with Crippen LogP contribution in [0.3, 0.4) is 0 Å². The molecule has 0 aliphatic rings. The molecule has 0 aliphatic carbocycles. The molecule has 0 bridgehead atoms. The van der Waals surface area contributed by atoms with Gasteiger partial charge in [0, 0.05) is 23.5 Å². The van der Waals surface area contributed by atoms with E-state index in [9.17, 15) is 0 Å². The van der Waals surface area contributed by atoms with Gasteiger partial charge in [-0.05, 0) is 140 Å². The van der Waals surface area contributed by atoms with Crippen LogP contribution in [0.1, 0.15) is 72.9 Å². The Morgan fingerprint density at radius 1 is 0.460 bits per heavy atom. The van der Waals surface area contributed by atoms with Gasteiger partial charge in [0.1, 0.15) is 5.58 Å². The number of aryl methyl sites for hydroxylation is 4. The summed E-state index contributed by atoms with van der Waals surface area (Å²) in [5.74, 6) is 1.34. The van der Waals surface area contributed by atoms with Crippen molar-refractivity contribution in [2.75, 3.05) is 0 Å². The summed E-state index contributed by atoms with van der Waals surface area (Å²) in [7, 11) is 0. The van der Waals surface area contributed by atoms with Crippen molar-refractivity contribution in [2.24, 2.45) is 0 Å². The molecule has 0 N–H and O–H groups in total. The van der Waals surface area contributed by atoms with Crippen molar-refractivity contribution in [3.8, 4) is 73.0 Å². The summed E-state index contributed by atoms with van der Waals surface area (Å²) in [6.07, 6.45) is 7.83. The van der Waals surface area contributed by atoms with Crippen molar-refractivity contribution >= 4 is 33.0 Å². The molecule has 14 rings (SSSR count). The van der Waals surface area contributed by atoms with E-state index in [0.29, 0.717) is 0 Å². The molecule has 5 nitrogen and oxygen atoms in total. The number of para-hydroxylation sites is 2.